The molecule has 1 unspecified atom stereocenters. The van der Waals surface area contributed by atoms with E-state index in [4.69, 9.17) is 17.3 Å². The van der Waals surface area contributed by atoms with Crippen LogP contribution >= 0.6 is 11.6 Å². The van der Waals surface area contributed by atoms with Crippen molar-refractivity contribution in [3.05, 3.63) is 28.5 Å². The van der Waals surface area contributed by atoms with Gasteiger partial charge in [0.25, 0.3) is 0 Å². The van der Waals surface area contributed by atoms with Crippen LogP contribution in [0.1, 0.15) is 31.2 Å². The molecule has 0 amide bonds. The van der Waals surface area contributed by atoms with E-state index < -0.39 is 0 Å². The Bertz CT molecular complexity index is 310. The van der Waals surface area contributed by atoms with Gasteiger partial charge in [-0.1, -0.05) is 25.4 Å². The van der Waals surface area contributed by atoms with Crippen LogP contribution < -0.4 is 5.73 Å². The zero-order valence-corrected chi connectivity index (χ0v) is 9.67. The molecule has 0 aliphatic carbocycles. The summed E-state index contributed by atoms with van der Waals surface area (Å²) < 4.78 is 0. The normalized spacial score (nSPS) is 13.3. The minimum atomic E-state index is 0.252. The number of hydrogen-bond donors (Lipinski definition) is 1. The van der Waals surface area contributed by atoms with Crippen molar-refractivity contribution in [2.24, 2.45) is 11.7 Å². The second kappa shape index (κ2) is 4.76. The van der Waals surface area contributed by atoms with E-state index in [-0.39, 0.29) is 5.92 Å². The highest BCUT2D eigenvalue weighted by Crippen LogP contribution is 2.27. The summed E-state index contributed by atoms with van der Waals surface area (Å²) in [5.41, 5.74) is 7.65. The van der Waals surface area contributed by atoms with Crippen molar-refractivity contribution >= 4 is 11.6 Å². The number of pyridine rings is 1. The van der Waals surface area contributed by atoms with Crippen LogP contribution in [0.15, 0.2) is 12.1 Å². The number of aromatic nitrogens is 1. The van der Waals surface area contributed by atoms with Gasteiger partial charge in [-0.2, -0.15) is 0 Å². The predicted molar refractivity (Wildman–Crippen MR) is 60.6 cm³/mol. The van der Waals surface area contributed by atoms with Gasteiger partial charge in [0.1, 0.15) is 0 Å². The molecule has 0 spiro atoms. The van der Waals surface area contributed by atoms with Crippen molar-refractivity contribution in [3.63, 3.8) is 0 Å². The minimum Gasteiger partial charge on any atom is -0.330 e. The highest BCUT2D eigenvalue weighted by Gasteiger charge is 2.18. The monoisotopic (exact) mass is 212 g/mol. The topological polar surface area (TPSA) is 38.9 Å². The van der Waals surface area contributed by atoms with Crippen LogP contribution in [0.4, 0.5) is 0 Å². The number of rotatable bonds is 3. The molecule has 14 heavy (non-hydrogen) atoms. The van der Waals surface area contributed by atoms with Crippen LogP contribution in [0.25, 0.3) is 0 Å². The van der Waals surface area contributed by atoms with Gasteiger partial charge in [0.2, 0.25) is 0 Å². The van der Waals surface area contributed by atoms with Gasteiger partial charge in [-0.05, 0) is 25.0 Å². The lowest BCUT2D eigenvalue weighted by Gasteiger charge is -2.19. The molecular formula is C11H17ClN2. The molecule has 0 aromatic carbocycles. The molecule has 1 atom stereocenters. The molecule has 0 radical (unpaired) electrons. The lowest BCUT2D eigenvalue weighted by molar-refractivity contribution is 0.495. The zero-order chi connectivity index (χ0) is 10.7. The van der Waals surface area contributed by atoms with Gasteiger partial charge in [-0.15, -0.1) is 0 Å². The van der Waals surface area contributed by atoms with E-state index in [2.05, 4.69) is 18.8 Å². The van der Waals surface area contributed by atoms with E-state index in [1.807, 2.05) is 19.1 Å². The lowest BCUT2D eigenvalue weighted by Crippen LogP contribution is -2.19. The highest BCUT2D eigenvalue weighted by atomic mass is 35.5. The van der Waals surface area contributed by atoms with Crippen LogP contribution in [-0.4, -0.2) is 11.5 Å². The first-order valence-corrected chi connectivity index (χ1v) is 5.27. The van der Waals surface area contributed by atoms with Crippen molar-refractivity contribution in [2.45, 2.75) is 26.7 Å². The van der Waals surface area contributed by atoms with Crippen LogP contribution in [0.2, 0.25) is 5.02 Å². The Morgan fingerprint density at radius 3 is 2.57 bits per heavy atom. The third-order valence-electron chi connectivity index (χ3n) is 2.42. The summed E-state index contributed by atoms with van der Waals surface area (Å²) in [6, 6.07) is 3.81. The molecule has 0 aliphatic rings. The number of nitrogens with two attached hydrogens (primary N) is 1. The van der Waals surface area contributed by atoms with Gasteiger partial charge in [0.05, 0.1) is 10.7 Å². The van der Waals surface area contributed by atoms with Gasteiger partial charge in [0.15, 0.2) is 0 Å². The molecule has 0 fully saturated rings. The summed E-state index contributed by atoms with van der Waals surface area (Å²) in [6.45, 7) is 6.83. The van der Waals surface area contributed by atoms with Gasteiger partial charge in [-0.25, -0.2) is 0 Å². The molecule has 1 aromatic heterocycles. The van der Waals surface area contributed by atoms with Gasteiger partial charge in [0, 0.05) is 18.2 Å². The Balaban J connectivity index is 3.08. The Labute approximate surface area is 90.5 Å². The number of aryl methyl sites for hydroxylation is 1. The summed E-state index contributed by atoms with van der Waals surface area (Å²) in [6.07, 6.45) is 0. The smallest absolute Gasteiger partial charge is 0.0638 e. The molecule has 78 valence electrons. The molecule has 0 bridgehead atoms. The Kier molecular flexibility index (Phi) is 3.90. The first-order valence-electron chi connectivity index (χ1n) is 4.89. The summed E-state index contributed by atoms with van der Waals surface area (Å²) in [7, 11) is 0. The number of halogens is 1. The first-order chi connectivity index (χ1) is 6.56. The van der Waals surface area contributed by atoms with Gasteiger partial charge >= 0.3 is 0 Å². The summed E-state index contributed by atoms with van der Waals surface area (Å²) in [4.78, 5) is 4.45. The van der Waals surface area contributed by atoms with Gasteiger partial charge in [-0.3, -0.25) is 4.98 Å². The third-order valence-corrected chi connectivity index (χ3v) is 2.74. The van der Waals surface area contributed by atoms with Crippen LogP contribution in [0.5, 0.6) is 0 Å². The zero-order valence-electron chi connectivity index (χ0n) is 8.92. The van der Waals surface area contributed by atoms with E-state index in [0.29, 0.717) is 12.5 Å². The standard InChI is InChI=1S/C11H17ClN2/c1-7(2)9(6-13)11-10(12)5-4-8(3)14-11/h4-5,7,9H,6,13H2,1-3H3. The largest absolute Gasteiger partial charge is 0.330 e. The molecule has 0 saturated heterocycles. The second-order valence-electron chi connectivity index (χ2n) is 3.91. The highest BCUT2D eigenvalue weighted by molar-refractivity contribution is 6.31. The average molecular weight is 213 g/mol. The summed E-state index contributed by atoms with van der Waals surface area (Å²) in [5.74, 6) is 0.717. The van der Waals surface area contributed by atoms with Crippen molar-refractivity contribution < 1.29 is 0 Å². The van der Waals surface area contributed by atoms with Crippen molar-refractivity contribution in [2.75, 3.05) is 6.54 Å². The average Bonchev–Trinajstić information content (AvgIpc) is 2.11. The summed E-state index contributed by atoms with van der Waals surface area (Å²) >= 11 is 6.10. The fraction of sp³-hybridized carbons (Fsp3) is 0.545. The molecule has 1 aromatic rings. The van der Waals surface area contributed by atoms with Crippen LogP contribution in [-0.2, 0) is 0 Å². The SMILES string of the molecule is Cc1ccc(Cl)c(C(CN)C(C)C)n1. The maximum Gasteiger partial charge on any atom is 0.0638 e. The molecule has 0 aliphatic heterocycles. The Morgan fingerprint density at radius 1 is 1.43 bits per heavy atom. The molecule has 0 saturated carbocycles. The fourth-order valence-electron chi connectivity index (χ4n) is 1.52. The first kappa shape index (κ1) is 11.5. The van der Waals surface area contributed by atoms with E-state index in [9.17, 15) is 0 Å². The second-order valence-corrected chi connectivity index (χ2v) is 4.31. The minimum absolute atomic E-state index is 0.252. The van der Waals surface area contributed by atoms with Crippen molar-refractivity contribution in [3.8, 4) is 0 Å². The molecule has 3 heteroatoms. The van der Waals surface area contributed by atoms with Crippen LogP contribution in [0.3, 0.4) is 0 Å². The summed E-state index contributed by atoms with van der Waals surface area (Å²) in [5, 5.41) is 0.722. The molecular weight excluding hydrogens is 196 g/mol. The van der Waals surface area contributed by atoms with E-state index >= 15 is 0 Å². The molecule has 2 N–H and O–H groups in total. The Morgan fingerprint density at radius 2 is 2.07 bits per heavy atom. The predicted octanol–water partition coefficient (Wildman–Crippen LogP) is 2.74. The maximum atomic E-state index is 6.10. The maximum absolute atomic E-state index is 6.10. The lowest BCUT2D eigenvalue weighted by atomic mass is 9.92. The van der Waals surface area contributed by atoms with E-state index in [1.165, 1.54) is 0 Å². The quantitative estimate of drug-likeness (QED) is 0.837. The number of hydrogen-bond acceptors (Lipinski definition) is 2. The molecule has 2 nitrogen and oxygen atoms in total. The molecule has 1 rings (SSSR count). The molecule has 1 heterocycles. The van der Waals surface area contributed by atoms with Gasteiger partial charge < -0.3 is 5.73 Å². The number of nitrogens with zero attached hydrogens (tertiary/aromatic N) is 1. The fourth-order valence-corrected chi connectivity index (χ4v) is 1.76. The van der Waals surface area contributed by atoms with E-state index in [0.717, 1.165) is 16.4 Å². The van der Waals surface area contributed by atoms with E-state index in [1.54, 1.807) is 0 Å². The van der Waals surface area contributed by atoms with Crippen molar-refractivity contribution in [1.82, 2.24) is 4.98 Å². The van der Waals surface area contributed by atoms with Crippen molar-refractivity contribution in [1.29, 1.82) is 0 Å². The third kappa shape index (κ3) is 2.46. The van der Waals surface area contributed by atoms with Crippen LogP contribution in [0, 0.1) is 12.8 Å². The Hall–Kier alpha value is -0.600.